The van der Waals surface area contributed by atoms with Gasteiger partial charge in [-0.3, -0.25) is 0 Å². The third-order valence-electron chi connectivity index (χ3n) is 2.71. The predicted molar refractivity (Wildman–Crippen MR) is 71.2 cm³/mol. The number of aromatic nitrogens is 1. The fraction of sp³-hybridized carbons (Fsp3) is 0.0769. The quantitative estimate of drug-likeness (QED) is 0.383. The average Bonchev–Trinajstić information content (AvgIpc) is 2.46. The third kappa shape index (κ3) is 2.79. The van der Waals surface area contributed by atoms with E-state index >= 15 is 0 Å². The molecule has 98 valence electrons. The first-order valence-corrected chi connectivity index (χ1v) is 5.55. The molecule has 19 heavy (non-hydrogen) atoms. The highest BCUT2D eigenvalue weighted by Crippen LogP contribution is 2.22. The summed E-state index contributed by atoms with van der Waals surface area (Å²) in [5, 5.41) is 11.6. The van der Waals surface area contributed by atoms with E-state index in [-0.39, 0.29) is 11.7 Å². The molecule has 0 bridgehead atoms. The van der Waals surface area contributed by atoms with Crippen LogP contribution in [0.1, 0.15) is 5.56 Å². The van der Waals surface area contributed by atoms with E-state index in [1.807, 2.05) is 0 Å². The van der Waals surface area contributed by atoms with E-state index in [2.05, 4.69) is 10.1 Å². The molecular weight excluding hydrogens is 247 g/mol. The van der Waals surface area contributed by atoms with Gasteiger partial charge < -0.3 is 15.8 Å². The molecule has 0 radical (unpaired) electrons. The molecule has 0 aliphatic rings. The van der Waals surface area contributed by atoms with Gasteiger partial charge in [-0.2, -0.15) is 0 Å². The zero-order chi connectivity index (χ0) is 13.8. The number of nitrogens with two attached hydrogens (primary N) is 1. The molecule has 0 amide bonds. The van der Waals surface area contributed by atoms with Crippen molar-refractivity contribution in [3.8, 4) is 0 Å². The lowest BCUT2D eigenvalue weighted by Gasteiger charge is -2.18. The number of oxime groups is 1. The van der Waals surface area contributed by atoms with Crippen molar-refractivity contribution < 1.29 is 9.60 Å². The van der Waals surface area contributed by atoms with Crippen molar-refractivity contribution in [2.24, 2.45) is 10.9 Å². The minimum absolute atomic E-state index is 0.0103. The number of anilines is 2. The summed E-state index contributed by atoms with van der Waals surface area (Å²) in [5.74, 6) is 0.322. The van der Waals surface area contributed by atoms with Crippen LogP contribution in [0.5, 0.6) is 0 Å². The van der Waals surface area contributed by atoms with Gasteiger partial charge in [-0.15, -0.1) is 0 Å². The highest BCUT2D eigenvalue weighted by molar-refractivity contribution is 5.97. The molecule has 2 rings (SSSR count). The molecule has 1 aromatic heterocycles. The van der Waals surface area contributed by atoms with Gasteiger partial charge in [0.1, 0.15) is 11.6 Å². The topological polar surface area (TPSA) is 74.7 Å². The Balaban J connectivity index is 2.33. The van der Waals surface area contributed by atoms with Crippen LogP contribution < -0.4 is 10.6 Å². The SMILES string of the molecule is CN(c1ccc(F)cc1)c1cc(C(N)=NO)ccn1. The zero-order valence-electron chi connectivity index (χ0n) is 10.3. The molecule has 0 aliphatic carbocycles. The van der Waals surface area contributed by atoms with Crippen molar-refractivity contribution in [3.63, 3.8) is 0 Å². The van der Waals surface area contributed by atoms with Crippen molar-refractivity contribution in [1.82, 2.24) is 4.98 Å². The maximum Gasteiger partial charge on any atom is 0.170 e. The lowest BCUT2D eigenvalue weighted by atomic mass is 10.2. The molecule has 0 saturated heterocycles. The second-order valence-electron chi connectivity index (χ2n) is 3.92. The van der Waals surface area contributed by atoms with Crippen LogP contribution in [-0.2, 0) is 0 Å². The lowest BCUT2D eigenvalue weighted by Crippen LogP contribution is -2.16. The van der Waals surface area contributed by atoms with Gasteiger partial charge in [0, 0.05) is 24.5 Å². The Morgan fingerprint density at radius 2 is 2.00 bits per heavy atom. The van der Waals surface area contributed by atoms with Crippen molar-refractivity contribution >= 4 is 17.3 Å². The number of halogens is 1. The molecule has 0 atom stereocenters. The van der Waals surface area contributed by atoms with Crippen LogP contribution in [0, 0.1) is 5.82 Å². The Bertz CT molecular complexity index is 598. The largest absolute Gasteiger partial charge is 0.409 e. The smallest absolute Gasteiger partial charge is 0.170 e. The Labute approximate surface area is 109 Å². The Kier molecular flexibility index (Phi) is 3.61. The van der Waals surface area contributed by atoms with Gasteiger partial charge in [0.05, 0.1) is 0 Å². The summed E-state index contributed by atoms with van der Waals surface area (Å²) < 4.78 is 12.9. The molecule has 3 N–H and O–H groups in total. The van der Waals surface area contributed by atoms with Gasteiger partial charge >= 0.3 is 0 Å². The summed E-state index contributed by atoms with van der Waals surface area (Å²) >= 11 is 0. The van der Waals surface area contributed by atoms with Crippen LogP contribution in [0.3, 0.4) is 0 Å². The van der Waals surface area contributed by atoms with E-state index in [0.717, 1.165) is 5.69 Å². The summed E-state index contributed by atoms with van der Waals surface area (Å²) in [6, 6.07) is 9.36. The van der Waals surface area contributed by atoms with Crippen LogP contribution in [0.25, 0.3) is 0 Å². The van der Waals surface area contributed by atoms with E-state index in [9.17, 15) is 4.39 Å². The van der Waals surface area contributed by atoms with Crippen LogP contribution in [0.2, 0.25) is 0 Å². The fourth-order valence-corrected chi connectivity index (χ4v) is 1.62. The molecular formula is C13H13FN4O. The van der Waals surface area contributed by atoms with Crippen molar-refractivity contribution in [2.75, 3.05) is 11.9 Å². The second-order valence-corrected chi connectivity index (χ2v) is 3.92. The van der Waals surface area contributed by atoms with Crippen LogP contribution >= 0.6 is 0 Å². The van der Waals surface area contributed by atoms with E-state index in [0.29, 0.717) is 11.4 Å². The highest BCUT2D eigenvalue weighted by Gasteiger charge is 2.08. The number of hydrogen-bond acceptors (Lipinski definition) is 4. The highest BCUT2D eigenvalue weighted by atomic mass is 19.1. The molecule has 0 spiro atoms. The first kappa shape index (κ1) is 12.8. The standard InChI is InChI=1S/C13H13FN4O/c1-18(11-4-2-10(14)3-5-11)12-8-9(6-7-16-12)13(15)17-19/h2-8,19H,1H3,(H2,15,17). The van der Waals surface area contributed by atoms with Crippen molar-refractivity contribution in [1.29, 1.82) is 0 Å². The normalized spacial score (nSPS) is 11.4. The molecule has 2 aromatic rings. The summed E-state index contributed by atoms with van der Waals surface area (Å²) in [6.45, 7) is 0. The van der Waals surface area contributed by atoms with Crippen molar-refractivity contribution in [2.45, 2.75) is 0 Å². The van der Waals surface area contributed by atoms with E-state index in [1.165, 1.54) is 12.1 Å². The molecule has 6 heteroatoms. The minimum Gasteiger partial charge on any atom is -0.409 e. The number of nitrogens with zero attached hydrogens (tertiary/aromatic N) is 3. The number of rotatable bonds is 3. The van der Waals surface area contributed by atoms with Gasteiger partial charge in [-0.05, 0) is 36.4 Å². The number of pyridine rings is 1. The first-order valence-electron chi connectivity index (χ1n) is 5.55. The lowest BCUT2D eigenvalue weighted by molar-refractivity contribution is 0.318. The summed E-state index contributed by atoms with van der Waals surface area (Å²) in [6.07, 6.45) is 1.56. The molecule has 1 aromatic carbocycles. The van der Waals surface area contributed by atoms with E-state index < -0.39 is 0 Å². The maximum atomic E-state index is 12.9. The number of hydrogen-bond donors (Lipinski definition) is 2. The van der Waals surface area contributed by atoms with Gasteiger partial charge in [-0.25, -0.2) is 9.37 Å². The van der Waals surface area contributed by atoms with Gasteiger partial charge in [0.25, 0.3) is 0 Å². The molecule has 0 aliphatic heterocycles. The molecule has 1 heterocycles. The van der Waals surface area contributed by atoms with E-state index in [1.54, 1.807) is 42.4 Å². The fourth-order valence-electron chi connectivity index (χ4n) is 1.62. The molecule has 0 fully saturated rings. The Morgan fingerprint density at radius 1 is 1.32 bits per heavy atom. The first-order chi connectivity index (χ1) is 9.11. The van der Waals surface area contributed by atoms with Gasteiger partial charge in [0.15, 0.2) is 5.84 Å². The van der Waals surface area contributed by atoms with Gasteiger partial charge in [-0.1, -0.05) is 5.16 Å². The van der Waals surface area contributed by atoms with Crippen molar-refractivity contribution in [3.05, 3.63) is 54.0 Å². The van der Waals surface area contributed by atoms with Gasteiger partial charge in [0.2, 0.25) is 0 Å². The molecule has 0 unspecified atom stereocenters. The monoisotopic (exact) mass is 260 g/mol. The summed E-state index contributed by atoms with van der Waals surface area (Å²) in [5.41, 5.74) is 6.87. The zero-order valence-corrected chi connectivity index (χ0v) is 10.3. The Morgan fingerprint density at radius 3 is 2.63 bits per heavy atom. The van der Waals surface area contributed by atoms with Crippen LogP contribution in [0.4, 0.5) is 15.9 Å². The number of amidine groups is 1. The van der Waals surface area contributed by atoms with Crippen LogP contribution in [0.15, 0.2) is 47.8 Å². The van der Waals surface area contributed by atoms with E-state index in [4.69, 9.17) is 10.9 Å². The third-order valence-corrected chi connectivity index (χ3v) is 2.71. The average molecular weight is 260 g/mol. The molecule has 5 nitrogen and oxygen atoms in total. The summed E-state index contributed by atoms with van der Waals surface area (Å²) in [4.78, 5) is 5.97. The van der Waals surface area contributed by atoms with Crippen LogP contribution in [-0.4, -0.2) is 23.1 Å². The molecule has 0 saturated carbocycles. The number of benzene rings is 1. The predicted octanol–water partition coefficient (Wildman–Crippen LogP) is 2.08. The Hall–Kier alpha value is -2.63. The second kappa shape index (κ2) is 5.34. The summed E-state index contributed by atoms with van der Waals surface area (Å²) in [7, 11) is 1.80. The minimum atomic E-state index is -0.296. The maximum absolute atomic E-state index is 12.9.